The van der Waals surface area contributed by atoms with Gasteiger partial charge >= 0.3 is 0 Å². The van der Waals surface area contributed by atoms with Gasteiger partial charge in [0.2, 0.25) is 5.91 Å². The van der Waals surface area contributed by atoms with E-state index in [-0.39, 0.29) is 24.4 Å². The third-order valence-corrected chi connectivity index (χ3v) is 6.53. The number of para-hydroxylation sites is 1. The van der Waals surface area contributed by atoms with Gasteiger partial charge in [-0.25, -0.2) is 5.01 Å². The largest absolute Gasteiger partial charge is 0.496 e. The summed E-state index contributed by atoms with van der Waals surface area (Å²) in [7, 11) is 1.65. The Balaban J connectivity index is 1.60. The Labute approximate surface area is 195 Å². The van der Waals surface area contributed by atoms with Crippen molar-refractivity contribution in [2.75, 3.05) is 39.8 Å². The molecule has 7 heteroatoms. The van der Waals surface area contributed by atoms with Crippen molar-refractivity contribution in [2.24, 2.45) is 5.10 Å². The Hall–Kier alpha value is -3.19. The van der Waals surface area contributed by atoms with Crippen LogP contribution in [0.5, 0.6) is 5.75 Å². The number of hydrogen-bond acceptors (Lipinski definition) is 5. The number of amides is 2. The quantitative estimate of drug-likeness (QED) is 0.705. The van der Waals surface area contributed by atoms with Crippen molar-refractivity contribution in [3.8, 4) is 5.75 Å². The van der Waals surface area contributed by atoms with E-state index in [2.05, 4.69) is 36.9 Å². The number of hydrogen-bond donors (Lipinski definition) is 0. The van der Waals surface area contributed by atoms with E-state index in [0.717, 1.165) is 28.2 Å². The van der Waals surface area contributed by atoms with Crippen molar-refractivity contribution in [1.82, 2.24) is 14.8 Å². The Kier molecular flexibility index (Phi) is 6.79. The van der Waals surface area contributed by atoms with Crippen molar-refractivity contribution in [1.29, 1.82) is 0 Å². The molecule has 174 valence electrons. The van der Waals surface area contributed by atoms with Crippen molar-refractivity contribution >= 4 is 17.5 Å². The summed E-state index contributed by atoms with van der Waals surface area (Å²) >= 11 is 0. The number of piperazine rings is 1. The van der Waals surface area contributed by atoms with Crippen LogP contribution in [0.25, 0.3) is 0 Å². The van der Waals surface area contributed by atoms with Gasteiger partial charge in [-0.2, -0.15) is 5.10 Å². The Morgan fingerprint density at radius 3 is 2.45 bits per heavy atom. The maximum atomic E-state index is 13.5. The summed E-state index contributed by atoms with van der Waals surface area (Å²) in [6.45, 7) is 8.70. The zero-order valence-electron chi connectivity index (χ0n) is 19.9. The van der Waals surface area contributed by atoms with Crippen molar-refractivity contribution in [3.05, 3.63) is 64.7 Å². The second kappa shape index (κ2) is 9.75. The molecule has 0 saturated carbocycles. The third-order valence-electron chi connectivity index (χ3n) is 6.53. The molecule has 4 rings (SSSR count). The highest BCUT2D eigenvalue weighted by Gasteiger charge is 2.36. The fourth-order valence-corrected chi connectivity index (χ4v) is 4.71. The van der Waals surface area contributed by atoms with Gasteiger partial charge in [0, 0.05) is 50.7 Å². The fraction of sp³-hybridized carbons (Fsp3) is 0.423. The highest BCUT2D eigenvalue weighted by atomic mass is 16.5. The topological polar surface area (TPSA) is 65.5 Å². The molecule has 0 spiro atoms. The lowest BCUT2D eigenvalue weighted by atomic mass is 9.95. The van der Waals surface area contributed by atoms with Crippen LogP contribution in [0.1, 0.15) is 41.6 Å². The van der Waals surface area contributed by atoms with Crippen LogP contribution in [-0.2, 0) is 9.59 Å². The number of carbonyl (C=O) groups excluding carboxylic acids is 2. The van der Waals surface area contributed by atoms with Gasteiger partial charge in [-0.3, -0.25) is 14.5 Å². The lowest BCUT2D eigenvalue weighted by molar-refractivity contribution is -0.135. The van der Waals surface area contributed by atoms with Gasteiger partial charge in [0.1, 0.15) is 5.75 Å². The molecule has 33 heavy (non-hydrogen) atoms. The highest BCUT2D eigenvalue weighted by Crippen LogP contribution is 2.38. The van der Waals surface area contributed by atoms with Gasteiger partial charge in [0.15, 0.2) is 0 Å². The SMILES string of the molecule is COc1ccccc1[C@@H]1CC(c2ccc(C)cc2C)=NN1C(=O)CN1CCN(C(C)=O)CC1. The molecule has 2 aromatic carbocycles. The summed E-state index contributed by atoms with van der Waals surface area (Å²) < 4.78 is 5.61. The van der Waals surface area contributed by atoms with Crippen molar-refractivity contribution in [2.45, 2.75) is 33.2 Å². The third kappa shape index (κ3) is 4.93. The Morgan fingerprint density at radius 2 is 1.79 bits per heavy atom. The van der Waals surface area contributed by atoms with Gasteiger partial charge in [0.25, 0.3) is 5.91 Å². The second-order valence-electron chi connectivity index (χ2n) is 8.85. The summed E-state index contributed by atoms with van der Waals surface area (Å²) in [5.41, 5.74) is 5.30. The highest BCUT2D eigenvalue weighted by molar-refractivity contribution is 6.04. The zero-order valence-corrected chi connectivity index (χ0v) is 19.9. The molecule has 0 radical (unpaired) electrons. The predicted molar refractivity (Wildman–Crippen MR) is 128 cm³/mol. The number of rotatable bonds is 5. The first-order valence-electron chi connectivity index (χ1n) is 11.5. The number of aryl methyl sites for hydroxylation is 2. The number of ether oxygens (including phenoxy) is 1. The first-order chi connectivity index (χ1) is 15.9. The maximum Gasteiger partial charge on any atom is 0.257 e. The number of nitrogens with zero attached hydrogens (tertiary/aromatic N) is 4. The van der Waals surface area contributed by atoms with Crippen LogP contribution in [0.4, 0.5) is 0 Å². The molecule has 1 atom stereocenters. The van der Waals surface area contributed by atoms with E-state index in [1.54, 1.807) is 19.0 Å². The monoisotopic (exact) mass is 448 g/mol. The summed E-state index contributed by atoms with van der Waals surface area (Å²) in [6.07, 6.45) is 0.633. The number of benzene rings is 2. The summed E-state index contributed by atoms with van der Waals surface area (Å²) in [5.74, 6) is 0.800. The average Bonchev–Trinajstić information content (AvgIpc) is 3.24. The minimum atomic E-state index is -0.220. The molecule has 2 amide bonds. The molecule has 2 aliphatic heterocycles. The minimum Gasteiger partial charge on any atom is -0.496 e. The van der Waals surface area contributed by atoms with Crippen molar-refractivity contribution < 1.29 is 14.3 Å². The van der Waals surface area contributed by atoms with E-state index >= 15 is 0 Å². The van der Waals surface area contributed by atoms with Gasteiger partial charge < -0.3 is 9.64 Å². The van der Waals surface area contributed by atoms with Crippen LogP contribution < -0.4 is 4.74 Å². The normalized spacial score (nSPS) is 18.9. The van der Waals surface area contributed by atoms with E-state index in [9.17, 15) is 9.59 Å². The lowest BCUT2D eigenvalue weighted by Gasteiger charge is -2.34. The first-order valence-corrected chi connectivity index (χ1v) is 11.5. The van der Waals surface area contributed by atoms with E-state index in [1.165, 1.54) is 5.56 Å². The number of methoxy groups -OCH3 is 1. The lowest BCUT2D eigenvalue weighted by Crippen LogP contribution is -2.50. The number of carbonyl (C=O) groups is 2. The number of hydrazone groups is 1. The fourth-order valence-electron chi connectivity index (χ4n) is 4.71. The van der Waals surface area contributed by atoms with E-state index in [0.29, 0.717) is 32.6 Å². The molecule has 0 N–H and O–H groups in total. The predicted octanol–water partition coefficient (Wildman–Crippen LogP) is 3.15. The molecule has 7 nitrogen and oxygen atoms in total. The molecule has 1 fully saturated rings. The maximum absolute atomic E-state index is 13.5. The Bertz CT molecular complexity index is 1070. The molecular weight excluding hydrogens is 416 g/mol. The molecule has 2 aromatic rings. The van der Waals surface area contributed by atoms with Crippen molar-refractivity contribution in [3.63, 3.8) is 0 Å². The standard InChI is InChI=1S/C26H32N4O3/c1-18-9-10-21(19(2)15-18)23-16-24(22-7-5-6-8-25(22)33-4)30(27-23)26(32)17-28-11-13-29(14-12-28)20(3)31/h5-10,15,24H,11-14,16-17H2,1-4H3/t24-/m0/s1. The molecule has 0 bridgehead atoms. The van der Waals surface area contributed by atoms with Gasteiger partial charge in [-0.1, -0.05) is 42.0 Å². The van der Waals surface area contributed by atoms with Gasteiger partial charge in [-0.05, 0) is 25.5 Å². The minimum absolute atomic E-state index is 0.0399. The van der Waals surface area contributed by atoms with Crippen LogP contribution in [-0.4, -0.2) is 72.2 Å². The van der Waals surface area contributed by atoms with Gasteiger partial charge in [0.05, 0.1) is 25.4 Å². The zero-order chi connectivity index (χ0) is 23.5. The van der Waals surface area contributed by atoms with Crippen LogP contribution >= 0.6 is 0 Å². The second-order valence-corrected chi connectivity index (χ2v) is 8.85. The Morgan fingerprint density at radius 1 is 1.06 bits per heavy atom. The molecule has 2 aliphatic rings. The van der Waals surface area contributed by atoms with Gasteiger partial charge in [-0.15, -0.1) is 0 Å². The van der Waals surface area contributed by atoms with E-state index in [4.69, 9.17) is 9.84 Å². The first kappa shape index (κ1) is 23.0. The summed E-state index contributed by atoms with van der Waals surface area (Å²) in [6, 6.07) is 13.9. The molecule has 0 unspecified atom stereocenters. The van der Waals surface area contributed by atoms with Crippen LogP contribution in [0.2, 0.25) is 0 Å². The molecule has 0 aliphatic carbocycles. The van der Waals surface area contributed by atoms with Crippen LogP contribution in [0.15, 0.2) is 47.6 Å². The van der Waals surface area contributed by atoms with E-state index in [1.807, 2.05) is 29.2 Å². The molecule has 2 heterocycles. The molecule has 0 aromatic heterocycles. The smallest absolute Gasteiger partial charge is 0.257 e. The van der Waals surface area contributed by atoms with Crippen LogP contribution in [0, 0.1) is 13.8 Å². The average molecular weight is 449 g/mol. The molecule has 1 saturated heterocycles. The van der Waals surface area contributed by atoms with Crippen LogP contribution in [0.3, 0.4) is 0 Å². The van der Waals surface area contributed by atoms with E-state index < -0.39 is 0 Å². The summed E-state index contributed by atoms with van der Waals surface area (Å²) in [5, 5.41) is 6.49. The molecular formula is C26H32N4O3. The summed E-state index contributed by atoms with van der Waals surface area (Å²) in [4.78, 5) is 29.0.